The van der Waals surface area contributed by atoms with Crippen molar-refractivity contribution < 1.29 is 14.3 Å². The van der Waals surface area contributed by atoms with E-state index >= 15 is 0 Å². The Hall–Kier alpha value is -3.92. The van der Waals surface area contributed by atoms with Crippen molar-refractivity contribution in [3.8, 4) is 5.75 Å². The molecule has 2 amide bonds. The van der Waals surface area contributed by atoms with Gasteiger partial charge in [-0.3, -0.25) is 20.0 Å². The molecule has 49 heavy (non-hydrogen) atoms. The third-order valence-electron chi connectivity index (χ3n) is 10.1. The zero-order chi connectivity index (χ0) is 35.4. The molecule has 1 saturated carbocycles. The average Bonchev–Trinajstić information content (AvgIpc) is 3.66. The molecule has 2 heterocycles. The molecule has 0 bridgehead atoms. The maximum atomic E-state index is 14.8. The minimum Gasteiger partial charge on any atom is -0.494 e. The Morgan fingerprint density at radius 3 is 2.33 bits per heavy atom. The van der Waals surface area contributed by atoms with E-state index in [1.165, 1.54) is 0 Å². The molecular formula is C39H57N7O3. The van der Waals surface area contributed by atoms with E-state index in [0.717, 1.165) is 61.8 Å². The lowest BCUT2D eigenvalue weighted by atomic mass is 9.75. The third kappa shape index (κ3) is 9.21. The van der Waals surface area contributed by atoms with Gasteiger partial charge < -0.3 is 15.0 Å². The van der Waals surface area contributed by atoms with Crippen LogP contribution < -0.4 is 26.5 Å². The molecule has 0 saturated heterocycles. The third-order valence-corrected chi connectivity index (χ3v) is 10.1. The molecule has 0 unspecified atom stereocenters. The molecule has 3 aliphatic rings. The van der Waals surface area contributed by atoms with Crippen LogP contribution in [-0.4, -0.2) is 47.1 Å². The highest BCUT2D eigenvalue weighted by Gasteiger charge is 2.52. The lowest BCUT2D eigenvalue weighted by Gasteiger charge is -2.46. The van der Waals surface area contributed by atoms with Gasteiger partial charge in [0.05, 0.1) is 19.2 Å². The van der Waals surface area contributed by atoms with Crippen molar-refractivity contribution in [1.29, 1.82) is 0 Å². The van der Waals surface area contributed by atoms with Crippen LogP contribution in [-0.2, 0) is 4.79 Å². The van der Waals surface area contributed by atoms with Crippen LogP contribution in [0.3, 0.4) is 0 Å². The number of carbonyl (C=O) groups excluding carboxylic acids is 2. The zero-order valence-corrected chi connectivity index (χ0v) is 30.8. The number of nitrogens with zero attached hydrogens (tertiary/aromatic N) is 3. The fraction of sp³-hybridized carbons (Fsp3) is 0.590. The van der Waals surface area contributed by atoms with E-state index in [9.17, 15) is 9.59 Å². The second kappa shape index (κ2) is 14.9. The lowest BCUT2D eigenvalue weighted by Crippen LogP contribution is -2.51. The number of aliphatic imine (C=N–C) groups is 1. The summed E-state index contributed by atoms with van der Waals surface area (Å²) in [6, 6.07) is 15.4. The number of hydrazine groups is 2. The number of benzene rings is 2. The van der Waals surface area contributed by atoms with E-state index < -0.39 is 5.66 Å². The first-order valence-electron chi connectivity index (χ1n) is 18.0. The van der Waals surface area contributed by atoms with Gasteiger partial charge in [-0.05, 0) is 97.4 Å². The Kier molecular flexibility index (Phi) is 11.1. The number of ether oxygens (including phenoxy) is 1. The maximum absolute atomic E-state index is 14.8. The molecule has 2 aromatic carbocycles. The van der Waals surface area contributed by atoms with E-state index in [2.05, 4.69) is 87.2 Å². The Bertz CT molecular complexity index is 1530. The van der Waals surface area contributed by atoms with Gasteiger partial charge >= 0.3 is 0 Å². The smallest absolute Gasteiger partial charge is 0.275 e. The monoisotopic (exact) mass is 671 g/mol. The molecule has 266 valence electrons. The second-order valence-corrected chi connectivity index (χ2v) is 16.7. The molecule has 10 nitrogen and oxygen atoms in total. The van der Waals surface area contributed by atoms with E-state index in [0.29, 0.717) is 35.6 Å². The Morgan fingerprint density at radius 2 is 1.71 bits per heavy atom. The molecule has 0 aromatic heterocycles. The Labute approximate surface area is 292 Å². The maximum Gasteiger partial charge on any atom is 0.275 e. The number of nitrogens with one attached hydrogen (secondary N) is 4. The van der Waals surface area contributed by atoms with Crippen molar-refractivity contribution in [2.45, 2.75) is 112 Å². The van der Waals surface area contributed by atoms with Gasteiger partial charge in [-0.1, -0.05) is 79.7 Å². The summed E-state index contributed by atoms with van der Waals surface area (Å²) in [5, 5.41) is 6.91. The second-order valence-electron chi connectivity index (χ2n) is 16.7. The molecule has 10 heteroatoms. The summed E-state index contributed by atoms with van der Waals surface area (Å²) in [4.78, 5) is 35.4. The van der Waals surface area contributed by atoms with Gasteiger partial charge in [0.1, 0.15) is 17.1 Å². The Morgan fingerprint density at radius 1 is 1.02 bits per heavy atom. The predicted molar refractivity (Wildman–Crippen MR) is 196 cm³/mol. The highest BCUT2D eigenvalue weighted by Crippen LogP contribution is 2.48. The van der Waals surface area contributed by atoms with Crippen LogP contribution in [0.1, 0.15) is 128 Å². The van der Waals surface area contributed by atoms with Crippen molar-refractivity contribution in [2.75, 3.05) is 13.2 Å². The molecular weight excluding hydrogens is 614 g/mol. The van der Waals surface area contributed by atoms with Crippen LogP contribution in [0.25, 0.3) is 0 Å². The summed E-state index contributed by atoms with van der Waals surface area (Å²) in [5.41, 5.74) is 10.6. The molecule has 1 aliphatic carbocycles. The van der Waals surface area contributed by atoms with Gasteiger partial charge in [0.2, 0.25) is 0 Å². The summed E-state index contributed by atoms with van der Waals surface area (Å²) in [7, 11) is 0. The molecule has 1 atom stereocenters. The van der Waals surface area contributed by atoms with E-state index in [1.807, 2.05) is 48.5 Å². The minimum absolute atomic E-state index is 0.0253. The first-order valence-corrected chi connectivity index (χ1v) is 18.0. The van der Waals surface area contributed by atoms with Crippen LogP contribution in [0.2, 0.25) is 0 Å². The molecule has 4 N–H and O–H groups in total. The first-order chi connectivity index (χ1) is 23.1. The standard InChI is InChI=1S/C39H57N7O3/c1-26(2)27-16-20-39(21-17-27)41-34(30-10-9-11-31(24-30)49-23-22-38(6,7)8)36(48)46(39)32(18-19-37(3,4)5)28-12-14-29(15-13-28)35(47)40-25-33-42-44-45-43-33/h9-15,24,26-27,32,44-45H,16-23,25H2,1-8H3,(H,40,47)(H,42,43)/t27?,32-,39?/m1/s1. The molecule has 2 aromatic rings. The summed E-state index contributed by atoms with van der Waals surface area (Å²) in [6.07, 6.45) is 6.39. The number of amidine groups is 1. The minimum atomic E-state index is -0.615. The summed E-state index contributed by atoms with van der Waals surface area (Å²) >= 11 is 0. The summed E-state index contributed by atoms with van der Waals surface area (Å²) < 4.78 is 6.16. The predicted octanol–water partition coefficient (Wildman–Crippen LogP) is 6.90. The van der Waals surface area contributed by atoms with Crippen LogP contribution in [0.4, 0.5) is 0 Å². The largest absolute Gasteiger partial charge is 0.494 e. The number of amides is 2. The van der Waals surface area contributed by atoms with Crippen molar-refractivity contribution in [1.82, 2.24) is 26.7 Å². The fourth-order valence-corrected chi connectivity index (χ4v) is 7.01. The number of hydrazone groups is 1. The van der Waals surface area contributed by atoms with Gasteiger partial charge in [0.15, 0.2) is 5.84 Å². The average molecular weight is 672 g/mol. The number of carbonyl (C=O) groups is 2. The molecule has 5 rings (SSSR count). The van der Waals surface area contributed by atoms with Crippen molar-refractivity contribution in [3.05, 3.63) is 65.2 Å². The topological polar surface area (TPSA) is 119 Å². The van der Waals surface area contributed by atoms with E-state index in [-0.39, 0.29) is 35.2 Å². The number of rotatable bonds is 12. The van der Waals surface area contributed by atoms with Crippen LogP contribution in [0.5, 0.6) is 5.75 Å². The summed E-state index contributed by atoms with van der Waals surface area (Å²) in [6.45, 7) is 18.8. The SMILES string of the molecule is CC(C)C1CCC2(CC1)N=C(c1cccc(OCCC(C)(C)C)c1)C(=O)N2[C@H](CCC(C)(C)C)c1ccc(C(=O)NCC2=NNNN2)cc1. The van der Waals surface area contributed by atoms with Gasteiger partial charge in [0.25, 0.3) is 11.8 Å². The van der Waals surface area contributed by atoms with Crippen molar-refractivity contribution in [3.63, 3.8) is 0 Å². The normalized spacial score (nSPS) is 21.7. The van der Waals surface area contributed by atoms with Gasteiger partial charge in [0, 0.05) is 11.1 Å². The number of hydrogen-bond acceptors (Lipinski definition) is 8. The quantitative estimate of drug-likeness (QED) is 0.195. The highest BCUT2D eigenvalue weighted by atomic mass is 16.5. The van der Waals surface area contributed by atoms with Gasteiger partial charge in [-0.25, -0.2) is 5.53 Å². The zero-order valence-electron chi connectivity index (χ0n) is 30.8. The van der Waals surface area contributed by atoms with Crippen molar-refractivity contribution in [2.24, 2.45) is 32.8 Å². The molecule has 1 spiro atoms. The fourth-order valence-electron chi connectivity index (χ4n) is 7.01. The van der Waals surface area contributed by atoms with Crippen LogP contribution in [0, 0.1) is 22.7 Å². The summed E-state index contributed by atoms with van der Waals surface area (Å²) in [5.74, 6) is 2.34. The first kappa shape index (κ1) is 36.4. The molecule has 0 radical (unpaired) electrons. The Balaban J connectivity index is 1.46. The van der Waals surface area contributed by atoms with E-state index in [1.54, 1.807) is 0 Å². The van der Waals surface area contributed by atoms with Crippen LogP contribution >= 0.6 is 0 Å². The van der Waals surface area contributed by atoms with E-state index in [4.69, 9.17) is 9.73 Å². The van der Waals surface area contributed by atoms with Gasteiger partial charge in [-0.15, -0.1) is 10.6 Å². The van der Waals surface area contributed by atoms with Crippen molar-refractivity contribution >= 4 is 23.4 Å². The number of hydrogen-bond donors (Lipinski definition) is 4. The van der Waals surface area contributed by atoms with Gasteiger partial charge in [-0.2, -0.15) is 0 Å². The van der Waals surface area contributed by atoms with Crippen LogP contribution in [0.15, 0.2) is 58.6 Å². The lowest BCUT2D eigenvalue weighted by molar-refractivity contribution is -0.133. The highest BCUT2D eigenvalue weighted by molar-refractivity contribution is 6.46. The molecule has 1 fully saturated rings. The molecule has 2 aliphatic heterocycles.